The van der Waals surface area contributed by atoms with Crippen LogP contribution in [0.25, 0.3) is 5.69 Å². The molecule has 0 saturated heterocycles. The molecule has 1 amide bonds. The van der Waals surface area contributed by atoms with Gasteiger partial charge in [0.25, 0.3) is 5.91 Å². The van der Waals surface area contributed by atoms with E-state index in [4.69, 9.17) is 5.73 Å². The fourth-order valence-electron chi connectivity index (χ4n) is 2.86. The smallest absolute Gasteiger partial charge is 0.270 e. The number of carbonyl (C=O) groups excluding carboxylic acids is 1. The number of nitrogens with zero attached hydrogens (tertiary/aromatic N) is 3. The summed E-state index contributed by atoms with van der Waals surface area (Å²) in [6.45, 7) is 0.617. The maximum atomic E-state index is 12.3. The summed E-state index contributed by atoms with van der Waals surface area (Å²) in [7, 11) is 0. The van der Waals surface area contributed by atoms with Gasteiger partial charge >= 0.3 is 0 Å². The molecule has 2 aromatic rings. The SMILES string of the molecule is Cl.Cl.NCC1CCCC1NC(=O)c1cc(-n2cccn2)ccn1. The highest BCUT2D eigenvalue weighted by Crippen LogP contribution is 2.24. The minimum atomic E-state index is -0.144. The van der Waals surface area contributed by atoms with Gasteiger partial charge in [0.2, 0.25) is 0 Å². The van der Waals surface area contributed by atoms with E-state index in [1.807, 2.05) is 18.3 Å². The topological polar surface area (TPSA) is 85.8 Å². The number of rotatable bonds is 4. The van der Waals surface area contributed by atoms with Crippen LogP contribution in [0.1, 0.15) is 29.8 Å². The number of aromatic nitrogens is 3. The van der Waals surface area contributed by atoms with E-state index in [1.54, 1.807) is 23.1 Å². The average Bonchev–Trinajstić information content (AvgIpc) is 3.18. The normalized spacial score (nSPS) is 19.5. The van der Waals surface area contributed by atoms with Crippen LogP contribution in [-0.4, -0.2) is 33.3 Å². The summed E-state index contributed by atoms with van der Waals surface area (Å²) in [6, 6.07) is 5.57. The first-order valence-corrected chi connectivity index (χ1v) is 7.25. The molecule has 23 heavy (non-hydrogen) atoms. The fraction of sp³-hybridized carbons (Fsp3) is 0.400. The summed E-state index contributed by atoms with van der Waals surface area (Å²) < 4.78 is 1.71. The Balaban J connectivity index is 0.00000132. The molecule has 1 fully saturated rings. The van der Waals surface area contributed by atoms with E-state index in [-0.39, 0.29) is 36.8 Å². The summed E-state index contributed by atoms with van der Waals surface area (Å²) in [6.07, 6.45) is 8.35. The number of hydrogen-bond donors (Lipinski definition) is 2. The van der Waals surface area contributed by atoms with Gasteiger partial charge in [0.1, 0.15) is 5.69 Å². The molecule has 1 aliphatic rings. The van der Waals surface area contributed by atoms with Crippen molar-refractivity contribution in [2.24, 2.45) is 11.7 Å². The second kappa shape index (κ2) is 8.86. The lowest BCUT2D eigenvalue weighted by Gasteiger charge is -2.19. The van der Waals surface area contributed by atoms with E-state index in [0.29, 0.717) is 18.2 Å². The highest BCUT2D eigenvalue weighted by molar-refractivity contribution is 5.93. The molecule has 0 bridgehead atoms. The van der Waals surface area contributed by atoms with Crippen LogP contribution in [0, 0.1) is 5.92 Å². The zero-order chi connectivity index (χ0) is 14.7. The van der Waals surface area contributed by atoms with Crippen molar-refractivity contribution in [1.82, 2.24) is 20.1 Å². The van der Waals surface area contributed by atoms with Crippen molar-refractivity contribution in [3.63, 3.8) is 0 Å². The molecular weight excluding hydrogens is 337 g/mol. The molecule has 0 aliphatic heterocycles. The minimum absolute atomic E-state index is 0. The lowest BCUT2D eigenvalue weighted by molar-refractivity contribution is 0.0923. The Morgan fingerprint density at radius 2 is 2.17 bits per heavy atom. The van der Waals surface area contributed by atoms with Crippen LogP contribution in [0.2, 0.25) is 0 Å². The van der Waals surface area contributed by atoms with Crippen molar-refractivity contribution in [3.8, 4) is 5.69 Å². The van der Waals surface area contributed by atoms with E-state index >= 15 is 0 Å². The van der Waals surface area contributed by atoms with Crippen LogP contribution in [0.3, 0.4) is 0 Å². The van der Waals surface area contributed by atoms with Crippen molar-refractivity contribution >= 4 is 30.7 Å². The third kappa shape index (κ3) is 4.43. The Labute approximate surface area is 147 Å². The number of amides is 1. The van der Waals surface area contributed by atoms with E-state index < -0.39 is 0 Å². The fourth-order valence-corrected chi connectivity index (χ4v) is 2.86. The summed E-state index contributed by atoms with van der Waals surface area (Å²) in [4.78, 5) is 16.5. The average molecular weight is 358 g/mol. The molecule has 3 rings (SSSR count). The molecule has 6 nitrogen and oxygen atoms in total. The molecule has 2 unspecified atom stereocenters. The van der Waals surface area contributed by atoms with Crippen molar-refractivity contribution in [2.45, 2.75) is 25.3 Å². The number of nitrogens with one attached hydrogen (secondary N) is 1. The predicted molar refractivity (Wildman–Crippen MR) is 93.5 cm³/mol. The van der Waals surface area contributed by atoms with Gasteiger partial charge in [-0.25, -0.2) is 4.68 Å². The van der Waals surface area contributed by atoms with Gasteiger partial charge < -0.3 is 11.1 Å². The van der Waals surface area contributed by atoms with Gasteiger partial charge in [0.15, 0.2) is 0 Å². The monoisotopic (exact) mass is 357 g/mol. The molecule has 0 radical (unpaired) electrons. The van der Waals surface area contributed by atoms with Crippen molar-refractivity contribution < 1.29 is 4.79 Å². The second-order valence-corrected chi connectivity index (χ2v) is 5.36. The number of carbonyl (C=O) groups is 1. The number of hydrogen-bond acceptors (Lipinski definition) is 4. The maximum absolute atomic E-state index is 12.3. The predicted octanol–water partition coefficient (Wildman–Crippen LogP) is 1.97. The molecule has 2 atom stereocenters. The molecule has 126 valence electrons. The lowest BCUT2D eigenvalue weighted by Crippen LogP contribution is -2.40. The van der Waals surface area contributed by atoms with E-state index in [1.165, 1.54) is 0 Å². The summed E-state index contributed by atoms with van der Waals surface area (Å²) in [5.41, 5.74) is 6.98. The Morgan fingerprint density at radius 3 is 2.87 bits per heavy atom. The molecule has 2 aromatic heterocycles. The van der Waals surface area contributed by atoms with Crippen LogP contribution in [-0.2, 0) is 0 Å². The van der Waals surface area contributed by atoms with Gasteiger partial charge in [0, 0.05) is 24.6 Å². The summed E-state index contributed by atoms with van der Waals surface area (Å²) >= 11 is 0. The largest absolute Gasteiger partial charge is 0.348 e. The van der Waals surface area contributed by atoms with E-state index in [2.05, 4.69) is 15.4 Å². The zero-order valence-corrected chi connectivity index (χ0v) is 14.2. The van der Waals surface area contributed by atoms with Gasteiger partial charge in [-0.2, -0.15) is 5.10 Å². The number of nitrogens with two attached hydrogens (primary N) is 1. The first kappa shape index (κ1) is 19.4. The first-order chi connectivity index (χ1) is 10.3. The second-order valence-electron chi connectivity index (χ2n) is 5.36. The van der Waals surface area contributed by atoms with Crippen molar-refractivity contribution in [2.75, 3.05) is 6.54 Å². The molecule has 8 heteroatoms. The lowest BCUT2D eigenvalue weighted by atomic mass is 10.0. The minimum Gasteiger partial charge on any atom is -0.348 e. The molecule has 0 aromatic carbocycles. The Bertz CT molecular complexity index is 620. The Morgan fingerprint density at radius 1 is 1.35 bits per heavy atom. The number of halogens is 2. The van der Waals surface area contributed by atoms with E-state index in [9.17, 15) is 4.79 Å². The standard InChI is InChI=1S/C15H19N5O.2ClH/c16-10-11-3-1-4-13(11)19-15(21)14-9-12(5-7-17-14)20-8-2-6-18-20;;/h2,5-9,11,13H,1,3-4,10,16H2,(H,19,21);2*1H. The Hall–Kier alpha value is -1.63. The molecule has 0 spiro atoms. The molecule has 3 N–H and O–H groups in total. The van der Waals surface area contributed by atoms with Gasteiger partial charge in [-0.3, -0.25) is 9.78 Å². The van der Waals surface area contributed by atoms with Crippen LogP contribution in [0.4, 0.5) is 0 Å². The Kier molecular flexibility index (Phi) is 7.48. The summed E-state index contributed by atoms with van der Waals surface area (Å²) in [5.74, 6) is 0.234. The third-order valence-electron chi connectivity index (χ3n) is 4.02. The van der Waals surface area contributed by atoms with Crippen LogP contribution >= 0.6 is 24.8 Å². The van der Waals surface area contributed by atoms with Gasteiger partial charge in [-0.05, 0) is 43.5 Å². The molecule has 1 aliphatic carbocycles. The molecular formula is C15H21Cl2N5O. The quantitative estimate of drug-likeness (QED) is 0.875. The third-order valence-corrected chi connectivity index (χ3v) is 4.02. The highest BCUT2D eigenvalue weighted by Gasteiger charge is 2.27. The zero-order valence-electron chi connectivity index (χ0n) is 12.6. The van der Waals surface area contributed by atoms with Gasteiger partial charge in [-0.1, -0.05) is 6.42 Å². The van der Waals surface area contributed by atoms with Gasteiger partial charge in [-0.15, -0.1) is 24.8 Å². The molecule has 1 saturated carbocycles. The van der Waals surface area contributed by atoms with Crippen LogP contribution < -0.4 is 11.1 Å². The van der Waals surface area contributed by atoms with Crippen molar-refractivity contribution in [3.05, 3.63) is 42.5 Å². The maximum Gasteiger partial charge on any atom is 0.270 e. The van der Waals surface area contributed by atoms with Gasteiger partial charge in [0.05, 0.1) is 5.69 Å². The highest BCUT2D eigenvalue weighted by atomic mass is 35.5. The van der Waals surface area contributed by atoms with Crippen LogP contribution in [0.15, 0.2) is 36.8 Å². The first-order valence-electron chi connectivity index (χ1n) is 7.25. The summed E-state index contributed by atoms with van der Waals surface area (Å²) in [5, 5.41) is 7.21. The van der Waals surface area contributed by atoms with Crippen molar-refractivity contribution in [1.29, 1.82) is 0 Å². The number of pyridine rings is 1. The van der Waals surface area contributed by atoms with Crippen LogP contribution in [0.5, 0.6) is 0 Å². The van der Waals surface area contributed by atoms with E-state index in [0.717, 1.165) is 24.9 Å². The molecule has 2 heterocycles.